The molecule has 5 heteroatoms. The number of piperazine rings is 1. The van der Waals surface area contributed by atoms with Gasteiger partial charge in [-0.3, -0.25) is 4.79 Å². The molecular formula is C8H16N2O3. The van der Waals surface area contributed by atoms with Crippen LogP contribution in [0.25, 0.3) is 0 Å². The van der Waals surface area contributed by atoms with Gasteiger partial charge in [0.1, 0.15) is 0 Å². The molecule has 1 heterocycles. The van der Waals surface area contributed by atoms with Gasteiger partial charge in [-0.15, -0.1) is 0 Å². The molecule has 0 spiro atoms. The van der Waals surface area contributed by atoms with E-state index in [1.165, 1.54) is 4.90 Å². The summed E-state index contributed by atoms with van der Waals surface area (Å²) in [5.41, 5.74) is 0. The molecule has 1 aliphatic heterocycles. The maximum Gasteiger partial charge on any atom is 0.394 e. The Morgan fingerprint density at radius 3 is 2.08 bits per heavy atom. The van der Waals surface area contributed by atoms with E-state index in [1.807, 2.05) is 13.8 Å². The minimum Gasteiger partial charge on any atom is -0.474 e. The van der Waals surface area contributed by atoms with Crippen molar-refractivity contribution in [2.75, 3.05) is 26.2 Å². The van der Waals surface area contributed by atoms with Crippen LogP contribution in [0, 0.1) is 0 Å². The summed E-state index contributed by atoms with van der Waals surface area (Å²) in [6, 6.07) is 0. The van der Waals surface area contributed by atoms with Crippen molar-refractivity contribution in [1.82, 2.24) is 10.2 Å². The average molecular weight is 188 g/mol. The van der Waals surface area contributed by atoms with Crippen molar-refractivity contribution in [3.63, 3.8) is 0 Å². The van der Waals surface area contributed by atoms with Gasteiger partial charge in [0.2, 0.25) is 0 Å². The van der Waals surface area contributed by atoms with Crippen LogP contribution in [0.15, 0.2) is 0 Å². The van der Waals surface area contributed by atoms with E-state index in [0.717, 1.165) is 0 Å². The molecule has 0 aliphatic carbocycles. The number of amides is 1. The Kier molecular flexibility index (Phi) is 5.88. The number of carboxylic acid groups (broad SMARTS) is 1. The van der Waals surface area contributed by atoms with E-state index in [2.05, 4.69) is 5.32 Å². The fourth-order valence-electron chi connectivity index (χ4n) is 1.00. The predicted molar refractivity (Wildman–Crippen MR) is 48.4 cm³/mol. The number of carbonyl (C=O) groups excluding carboxylic acids is 1. The van der Waals surface area contributed by atoms with Crippen LogP contribution in [-0.2, 0) is 9.59 Å². The topological polar surface area (TPSA) is 69.6 Å². The zero-order valence-corrected chi connectivity index (χ0v) is 8.04. The number of carbonyl (C=O) groups is 2. The second-order valence-electron chi connectivity index (χ2n) is 2.35. The first-order chi connectivity index (χ1) is 6.22. The SMILES string of the molecule is CC.O=C(O)C(=O)N1CCNCC1. The predicted octanol–water partition coefficient (Wildman–Crippen LogP) is -0.471. The first kappa shape index (κ1) is 11.9. The van der Waals surface area contributed by atoms with Gasteiger partial charge in [-0.25, -0.2) is 4.79 Å². The molecule has 1 fully saturated rings. The molecule has 1 saturated heterocycles. The van der Waals surface area contributed by atoms with Crippen LogP contribution in [0.3, 0.4) is 0 Å². The molecule has 0 radical (unpaired) electrons. The summed E-state index contributed by atoms with van der Waals surface area (Å²) in [6.07, 6.45) is 0. The fourth-order valence-corrected chi connectivity index (χ4v) is 1.00. The Morgan fingerprint density at radius 2 is 1.69 bits per heavy atom. The second-order valence-corrected chi connectivity index (χ2v) is 2.35. The highest BCUT2D eigenvalue weighted by atomic mass is 16.4. The second kappa shape index (κ2) is 6.42. The summed E-state index contributed by atoms with van der Waals surface area (Å²) < 4.78 is 0. The van der Waals surface area contributed by atoms with Gasteiger partial charge in [-0.2, -0.15) is 0 Å². The molecule has 0 saturated carbocycles. The van der Waals surface area contributed by atoms with Crippen LogP contribution >= 0.6 is 0 Å². The van der Waals surface area contributed by atoms with Crippen molar-refractivity contribution in [3.8, 4) is 0 Å². The molecule has 0 aromatic carbocycles. The van der Waals surface area contributed by atoms with Gasteiger partial charge in [0.15, 0.2) is 0 Å². The molecule has 5 nitrogen and oxygen atoms in total. The highest BCUT2D eigenvalue weighted by Crippen LogP contribution is 1.92. The van der Waals surface area contributed by atoms with Gasteiger partial charge in [0.25, 0.3) is 0 Å². The van der Waals surface area contributed by atoms with Crippen LogP contribution in [0.2, 0.25) is 0 Å². The standard InChI is InChI=1S/C6H10N2O3.C2H6/c9-5(6(10)11)8-3-1-7-2-4-8;1-2/h7H,1-4H2,(H,10,11);1-2H3. The van der Waals surface area contributed by atoms with Crippen molar-refractivity contribution in [2.45, 2.75) is 13.8 Å². The normalized spacial score (nSPS) is 15.7. The lowest BCUT2D eigenvalue weighted by atomic mass is 10.3. The summed E-state index contributed by atoms with van der Waals surface area (Å²) in [7, 11) is 0. The quantitative estimate of drug-likeness (QED) is 0.504. The van der Waals surface area contributed by atoms with Crippen molar-refractivity contribution < 1.29 is 14.7 Å². The highest BCUT2D eigenvalue weighted by molar-refractivity contribution is 6.31. The summed E-state index contributed by atoms with van der Waals surface area (Å²) in [5.74, 6) is -2.17. The van der Waals surface area contributed by atoms with Crippen molar-refractivity contribution in [3.05, 3.63) is 0 Å². The lowest BCUT2D eigenvalue weighted by Crippen LogP contribution is -2.48. The smallest absolute Gasteiger partial charge is 0.394 e. The van der Waals surface area contributed by atoms with Crippen LogP contribution in [0.1, 0.15) is 13.8 Å². The fraction of sp³-hybridized carbons (Fsp3) is 0.750. The third-order valence-electron chi connectivity index (χ3n) is 1.59. The van der Waals surface area contributed by atoms with E-state index in [4.69, 9.17) is 5.11 Å². The van der Waals surface area contributed by atoms with Crippen LogP contribution in [0.4, 0.5) is 0 Å². The van der Waals surface area contributed by atoms with E-state index in [0.29, 0.717) is 26.2 Å². The lowest BCUT2D eigenvalue weighted by molar-refractivity contribution is -0.156. The highest BCUT2D eigenvalue weighted by Gasteiger charge is 2.21. The van der Waals surface area contributed by atoms with E-state index in [1.54, 1.807) is 0 Å². The molecule has 1 aliphatic rings. The van der Waals surface area contributed by atoms with Gasteiger partial charge in [0, 0.05) is 26.2 Å². The maximum absolute atomic E-state index is 10.8. The monoisotopic (exact) mass is 188 g/mol. The van der Waals surface area contributed by atoms with Crippen molar-refractivity contribution in [2.24, 2.45) is 0 Å². The molecule has 0 unspecified atom stereocenters. The first-order valence-electron chi connectivity index (χ1n) is 4.45. The van der Waals surface area contributed by atoms with E-state index < -0.39 is 11.9 Å². The molecule has 2 N–H and O–H groups in total. The number of hydrogen-bond acceptors (Lipinski definition) is 3. The van der Waals surface area contributed by atoms with E-state index in [9.17, 15) is 9.59 Å². The zero-order valence-electron chi connectivity index (χ0n) is 8.04. The molecule has 0 atom stereocenters. The Hall–Kier alpha value is -1.10. The zero-order chi connectivity index (χ0) is 10.3. The Labute approximate surface area is 77.7 Å². The van der Waals surface area contributed by atoms with Crippen LogP contribution in [-0.4, -0.2) is 48.1 Å². The molecule has 1 amide bonds. The number of carboxylic acids is 1. The van der Waals surface area contributed by atoms with Crippen molar-refractivity contribution >= 4 is 11.9 Å². The molecule has 1 rings (SSSR count). The summed E-state index contributed by atoms with van der Waals surface area (Å²) in [4.78, 5) is 22.3. The first-order valence-corrected chi connectivity index (χ1v) is 4.45. The van der Waals surface area contributed by atoms with Gasteiger partial charge in [-0.1, -0.05) is 13.8 Å². The Bertz CT molecular complexity index is 176. The third kappa shape index (κ3) is 3.89. The number of aliphatic carboxylic acids is 1. The van der Waals surface area contributed by atoms with Gasteiger partial charge >= 0.3 is 11.9 Å². The summed E-state index contributed by atoms with van der Waals surface area (Å²) in [6.45, 7) is 6.34. The summed E-state index contributed by atoms with van der Waals surface area (Å²) in [5, 5.41) is 11.3. The van der Waals surface area contributed by atoms with Gasteiger partial charge in [-0.05, 0) is 0 Å². The number of nitrogens with zero attached hydrogens (tertiary/aromatic N) is 1. The average Bonchev–Trinajstić information content (AvgIpc) is 2.21. The largest absolute Gasteiger partial charge is 0.474 e. The molecule has 13 heavy (non-hydrogen) atoms. The molecule has 0 aromatic rings. The minimum atomic E-state index is -1.37. The number of hydrogen-bond donors (Lipinski definition) is 2. The van der Waals surface area contributed by atoms with Crippen molar-refractivity contribution in [1.29, 1.82) is 0 Å². The minimum absolute atomic E-state index is 0.491. The van der Waals surface area contributed by atoms with Crippen LogP contribution < -0.4 is 5.32 Å². The Balaban J connectivity index is 0.000000671. The lowest BCUT2D eigenvalue weighted by Gasteiger charge is -2.25. The third-order valence-corrected chi connectivity index (χ3v) is 1.59. The van der Waals surface area contributed by atoms with Crippen LogP contribution in [0.5, 0.6) is 0 Å². The Morgan fingerprint density at radius 1 is 1.23 bits per heavy atom. The molecular weight excluding hydrogens is 172 g/mol. The maximum atomic E-state index is 10.8. The number of rotatable bonds is 0. The molecule has 0 bridgehead atoms. The number of nitrogens with one attached hydrogen (secondary N) is 1. The van der Waals surface area contributed by atoms with E-state index >= 15 is 0 Å². The van der Waals surface area contributed by atoms with Gasteiger partial charge in [0.05, 0.1) is 0 Å². The van der Waals surface area contributed by atoms with Gasteiger partial charge < -0.3 is 15.3 Å². The molecule has 76 valence electrons. The summed E-state index contributed by atoms with van der Waals surface area (Å²) >= 11 is 0. The van der Waals surface area contributed by atoms with E-state index in [-0.39, 0.29) is 0 Å². The molecule has 0 aromatic heterocycles.